The molecule has 3 aliphatic rings. The first-order valence-electron chi connectivity index (χ1n) is 11.7. The van der Waals surface area contributed by atoms with E-state index in [1.54, 1.807) is 22.5 Å². The summed E-state index contributed by atoms with van der Waals surface area (Å²) in [6, 6.07) is 5.10. The number of sulfonamides is 1. The number of benzene rings is 1. The molecule has 166 valence electrons. The molecule has 7 heteroatoms. The van der Waals surface area contributed by atoms with Gasteiger partial charge >= 0.3 is 0 Å². The van der Waals surface area contributed by atoms with Crippen LogP contribution in [0.4, 0.5) is 5.69 Å². The number of carbonyl (C=O) groups is 1. The Hall–Kier alpha value is -1.44. The molecule has 0 aromatic heterocycles. The molecule has 2 heterocycles. The third kappa shape index (κ3) is 4.89. The molecule has 30 heavy (non-hydrogen) atoms. The highest BCUT2D eigenvalue weighted by molar-refractivity contribution is 7.89. The van der Waals surface area contributed by atoms with Gasteiger partial charge in [0.25, 0.3) is 5.91 Å². The van der Waals surface area contributed by atoms with E-state index in [2.05, 4.69) is 5.32 Å². The standard InChI is InChI=1S/C23H35N3O3S/c1-18-9-10-21(30(28,29)26-12-5-2-6-13-26)15-22(18)24-23(27)17-25-14-11-19-7-3-4-8-20(19)16-25/h9-10,15,19-20H,2-8,11-14,16-17H2,1H3,(H,24,27)/p+1/t19-,20-/m1/s1. The number of carbonyl (C=O) groups excluding carboxylic acids is 1. The highest BCUT2D eigenvalue weighted by Crippen LogP contribution is 2.32. The number of rotatable bonds is 5. The molecule has 2 N–H and O–H groups in total. The maximum atomic E-state index is 13.0. The number of anilines is 1. The maximum absolute atomic E-state index is 13.0. The second-order valence-electron chi connectivity index (χ2n) is 9.46. The topological polar surface area (TPSA) is 70.9 Å². The fourth-order valence-corrected chi connectivity index (χ4v) is 7.07. The van der Waals surface area contributed by atoms with Crippen LogP contribution in [0.15, 0.2) is 23.1 Å². The van der Waals surface area contributed by atoms with Gasteiger partial charge in [-0.1, -0.05) is 25.3 Å². The molecule has 3 atom stereocenters. The molecule has 1 amide bonds. The largest absolute Gasteiger partial charge is 0.327 e. The summed E-state index contributed by atoms with van der Waals surface area (Å²) in [6.45, 7) is 5.70. The predicted molar refractivity (Wildman–Crippen MR) is 118 cm³/mol. The second kappa shape index (κ2) is 9.37. The summed E-state index contributed by atoms with van der Waals surface area (Å²) in [6.07, 6.45) is 9.51. The van der Waals surface area contributed by atoms with Crippen LogP contribution >= 0.6 is 0 Å². The van der Waals surface area contributed by atoms with Gasteiger partial charge in [-0.25, -0.2) is 8.42 Å². The third-order valence-electron chi connectivity index (χ3n) is 7.33. The van der Waals surface area contributed by atoms with E-state index < -0.39 is 10.0 Å². The Labute approximate surface area is 181 Å². The summed E-state index contributed by atoms with van der Waals surface area (Å²) in [5, 5.41) is 3.00. The van der Waals surface area contributed by atoms with Gasteiger partial charge in [-0.2, -0.15) is 4.31 Å². The van der Waals surface area contributed by atoms with Crippen LogP contribution < -0.4 is 10.2 Å². The summed E-state index contributed by atoms with van der Waals surface area (Å²) < 4.78 is 27.6. The Balaban J connectivity index is 1.40. The van der Waals surface area contributed by atoms with E-state index in [1.165, 1.54) is 37.0 Å². The van der Waals surface area contributed by atoms with Gasteiger partial charge in [-0.3, -0.25) is 4.79 Å². The number of piperidine rings is 2. The lowest BCUT2D eigenvalue weighted by Gasteiger charge is -2.38. The summed E-state index contributed by atoms with van der Waals surface area (Å²) in [7, 11) is -3.50. The molecule has 6 nitrogen and oxygen atoms in total. The monoisotopic (exact) mass is 434 g/mol. The molecule has 0 spiro atoms. The fraction of sp³-hybridized carbons (Fsp3) is 0.696. The van der Waals surface area contributed by atoms with Crippen LogP contribution in [0.3, 0.4) is 0 Å². The Morgan fingerprint density at radius 3 is 2.57 bits per heavy atom. The highest BCUT2D eigenvalue weighted by Gasteiger charge is 2.34. The van der Waals surface area contributed by atoms with Crippen molar-refractivity contribution in [2.45, 2.75) is 63.2 Å². The number of aryl methyl sites for hydroxylation is 1. The van der Waals surface area contributed by atoms with Crippen LogP contribution in [-0.2, 0) is 14.8 Å². The highest BCUT2D eigenvalue weighted by atomic mass is 32.2. The molecule has 1 saturated carbocycles. The van der Waals surface area contributed by atoms with Crippen molar-refractivity contribution in [3.63, 3.8) is 0 Å². The summed E-state index contributed by atoms with van der Waals surface area (Å²) >= 11 is 0. The van der Waals surface area contributed by atoms with Crippen molar-refractivity contribution in [3.05, 3.63) is 23.8 Å². The molecule has 1 aliphatic carbocycles. The van der Waals surface area contributed by atoms with E-state index in [9.17, 15) is 13.2 Å². The summed E-state index contributed by atoms with van der Waals surface area (Å²) in [5.41, 5.74) is 1.51. The number of nitrogens with one attached hydrogen (secondary N) is 2. The normalized spacial score (nSPS) is 28.0. The van der Waals surface area contributed by atoms with Crippen molar-refractivity contribution in [1.29, 1.82) is 0 Å². The van der Waals surface area contributed by atoms with Crippen LogP contribution in [0.25, 0.3) is 0 Å². The Kier molecular flexibility index (Phi) is 6.80. The first kappa shape index (κ1) is 21.8. The Morgan fingerprint density at radius 2 is 1.80 bits per heavy atom. The van der Waals surface area contributed by atoms with Crippen molar-refractivity contribution in [1.82, 2.24) is 4.31 Å². The number of quaternary nitrogens is 1. The second-order valence-corrected chi connectivity index (χ2v) is 11.4. The average molecular weight is 435 g/mol. The minimum absolute atomic E-state index is 0.0186. The lowest BCUT2D eigenvalue weighted by atomic mass is 9.75. The van der Waals surface area contributed by atoms with E-state index in [0.29, 0.717) is 25.3 Å². The predicted octanol–water partition coefficient (Wildman–Crippen LogP) is 2.20. The van der Waals surface area contributed by atoms with Crippen molar-refractivity contribution in [2.24, 2.45) is 11.8 Å². The number of amides is 1. The van der Waals surface area contributed by atoms with Gasteiger partial charge in [0.1, 0.15) is 0 Å². The SMILES string of the molecule is Cc1ccc(S(=O)(=O)N2CCCCC2)cc1NC(=O)C[NH+]1CC[C@H]2CCCC[C@@H]2C1. The van der Waals surface area contributed by atoms with Crippen LogP contribution in [0.5, 0.6) is 0 Å². The van der Waals surface area contributed by atoms with E-state index >= 15 is 0 Å². The van der Waals surface area contributed by atoms with Crippen LogP contribution in [0.1, 0.15) is 56.9 Å². The van der Waals surface area contributed by atoms with E-state index in [0.717, 1.165) is 49.8 Å². The zero-order valence-electron chi connectivity index (χ0n) is 18.2. The van der Waals surface area contributed by atoms with Gasteiger partial charge < -0.3 is 10.2 Å². The van der Waals surface area contributed by atoms with Gasteiger partial charge in [-0.05, 0) is 62.6 Å². The minimum atomic E-state index is -3.50. The lowest BCUT2D eigenvalue weighted by Crippen LogP contribution is -3.15. The van der Waals surface area contributed by atoms with Gasteiger partial charge in [0.05, 0.1) is 18.0 Å². The van der Waals surface area contributed by atoms with Crippen LogP contribution in [0.2, 0.25) is 0 Å². The molecule has 2 aliphatic heterocycles. The Bertz CT molecular complexity index is 864. The van der Waals surface area contributed by atoms with E-state index in [-0.39, 0.29) is 10.8 Å². The number of hydrogen-bond donors (Lipinski definition) is 2. The van der Waals surface area contributed by atoms with Gasteiger partial charge in [0, 0.05) is 24.7 Å². The molecule has 1 unspecified atom stereocenters. The zero-order valence-corrected chi connectivity index (χ0v) is 19.0. The first-order valence-corrected chi connectivity index (χ1v) is 13.1. The van der Waals surface area contributed by atoms with Crippen molar-refractivity contribution in [3.8, 4) is 0 Å². The van der Waals surface area contributed by atoms with E-state index in [4.69, 9.17) is 0 Å². The number of nitrogens with zero attached hydrogens (tertiary/aromatic N) is 1. The molecule has 1 aromatic carbocycles. The molecule has 3 fully saturated rings. The smallest absolute Gasteiger partial charge is 0.279 e. The van der Waals surface area contributed by atoms with Crippen molar-refractivity contribution in [2.75, 3.05) is 38.0 Å². The summed E-state index contributed by atoms with van der Waals surface area (Å²) in [5.74, 6) is 1.62. The zero-order chi connectivity index (χ0) is 21.1. The molecule has 4 rings (SSSR count). The van der Waals surface area contributed by atoms with Crippen molar-refractivity contribution < 1.29 is 18.1 Å². The van der Waals surface area contributed by atoms with Crippen molar-refractivity contribution >= 4 is 21.6 Å². The lowest BCUT2D eigenvalue weighted by molar-refractivity contribution is -0.902. The van der Waals surface area contributed by atoms with Gasteiger partial charge in [-0.15, -0.1) is 0 Å². The summed E-state index contributed by atoms with van der Waals surface area (Å²) in [4.78, 5) is 14.4. The fourth-order valence-electron chi connectivity index (χ4n) is 5.53. The molecular weight excluding hydrogens is 398 g/mol. The molecule has 2 saturated heterocycles. The quantitative estimate of drug-likeness (QED) is 0.746. The molecule has 1 aromatic rings. The Morgan fingerprint density at radius 1 is 1.07 bits per heavy atom. The average Bonchev–Trinajstić information content (AvgIpc) is 2.75. The van der Waals surface area contributed by atoms with Crippen LogP contribution in [0, 0.1) is 18.8 Å². The third-order valence-corrected chi connectivity index (χ3v) is 9.23. The molecule has 0 bridgehead atoms. The van der Waals surface area contributed by atoms with E-state index in [1.807, 2.05) is 6.92 Å². The van der Waals surface area contributed by atoms with Gasteiger partial charge in [0.2, 0.25) is 10.0 Å². The molecule has 0 radical (unpaired) electrons. The maximum Gasteiger partial charge on any atom is 0.279 e. The van der Waals surface area contributed by atoms with Crippen LogP contribution in [-0.4, -0.2) is 51.4 Å². The van der Waals surface area contributed by atoms with Gasteiger partial charge in [0.15, 0.2) is 6.54 Å². The number of fused-ring (bicyclic) bond motifs is 1. The molecular formula is C23H36N3O3S+. The minimum Gasteiger partial charge on any atom is -0.327 e. The number of likely N-dealkylation sites (tertiary alicyclic amines) is 1. The number of hydrogen-bond acceptors (Lipinski definition) is 3. The first-order chi connectivity index (χ1) is 14.4.